The molecule has 8 nitrogen and oxygen atoms in total. The first kappa shape index (κ1) is 20.1. The van der Waals surface area contributed by atoms with E-state index in [1.165, 1.54) is 35.3 Å². The third kappa shape index (κ3) is 8.10. The van der Waals surface area contributed by atoms with Gasteiger partial charge in [0.05, 0.1) is 33.8 Å². The van der Waals surface area contributed by atoms with E-state index in [0.717, 1.165) is 25.9 Å². The molecule has 0 bridgehead atoms. The quantitative estimate of drug-likeness (QED) is 0.293. The minimum absolute atomic E-state index is 0.0553. The Hall–Kier alpha value is -2.90. The largest absolute Gasteiger partial charge is 0.486 e. The minimum Gasteiger partial charge on any atom is -0.486 e. The summed E-state index contributed by atoms with van der Waals surface area (Å²) in [5.41, 5.74) is 1.08. The number of pyridine rings is 1. The summed E-state index contributed by atoms with van der Waals surface area (Å²) in [7, 11) is 2.03. The second-order valence-corrected chi connectivity index (χ2v) is 11.0. The number of piperidine rings is 1. The maximum absolute atomic E-state index is 12.1. The fourth-order valence-corrected chi connectivity index (χ4v) is 5.36. The highest BCUT2D eigenvalue weighted by Crippen LogP contribution is 2.36. The van der Waals surface area contributed by atoms with Gasteiger partial charge in [0.15, 0.2) is 11.8 Å². The molecule has 2 aliphatic rings. The maximum atomic E-state index is 12.1. The highest BCUT2D eigenvalue weighted by molar-refractivity contribution is 7.99. The third-order valence-electron chi connectivity index (χ3n) is 6.25. The number of hydrogen-bond donors (Lipinski definition) is 1. The maximum Gasteiger partial charge on any atom is 0.408 e. The second kappa shape index (κ2) is 14.3. The molecule has 0 unspecified atom stereocenters. The SMILES string of the molecule is [2H]C1([2H])C([2H])([2H])C([2H])([2H])C([2H])(Sc2ncc(COc3cc(Cl)c(C#CCOC(=O)NC4CCN(C)CC4)cc3Cl)n2-c2cccnc2)C1([2H])[2H]. The van der Waals surface area contributed by atoms with E-state index in [0.29, 0.717) is 16.9 Å². The number of carbonyl (C=O) groups is 1. The van der Waals surface area contributed by atoms with Gasteiger partial charge in [-0.15, -0.1) is 0 Å². The summed E-state index contributed by atoms with van der Waals surface area (Å²) >= 11 is 13.2. The van der Waals surface area contributed by atoms with Crippen LogP contribution in [0.1, 0.15) is 61.9 Å². The molecule has 2 aromatic heterocycles. The lowest BCUT2D eigenvalue weighted by Crippen LogP contribution is -2.43. The van der Waals surface area contributed by atoms with Crippen LogP contribution in [0, 0.1) is 11.8 Å². The second-order valence-electron chi connectivity index (χ2n) is 9.16. The van der Waals surface area contributed by atoms with Crippen molar-refractivity contribution < 1.29 is 26.6 Å². The topological polar surface area (TPSA) is 81.5 Å². The molecule has 1 aliphatic carbocycles. The normalized spacial score (nSPS) is 25.2. The fraction of sp³-hybridized carbons (Fsp3) is 0.433. The van der Waals surface area contributed by atoms with E-state index in [1.54, 1.807) is 12.1 Å². The van der Waals surface area contributed by atoms with E-state index in [4.69, 9.17) is 45.0 Å². The molecule has 3 heterocycles. The van der Waals surface area contributed by atoms with Crippen LogP contribution in [0.5, 0.6) is 5.75 Å². The standard InChI is InChI=1S/C30H33Cl2N5O3S/c1-36-13-10-22(11-14-36)35-30(38)39-15-5-6-21-16-27(32)28(17-26(21)31)40-20-24-19-34-29(41-25-8-2-3-9-25)37(24)23-7-4-12-33-18-23/h4,7,12,16-19,22,25H,2-3,8-11,13-15,20H2,1H3,(H,35,38)/i2D2,3D2,8D2,9D2,25D. The monoisotopic (exact) mass is 622 g/mol. The van der Waals surface area contributed by atoms with Gasteiger partial charge in [0.1, 0.15) is 12.4 Å². The summed E-state index contributed by atoms with van der Waals surface area (Å²) in [4.78, 5) is 22.7. The van der Waals surface area contributed by atoms with Gasteiger partial charge in [0.2, 0.25) is 0 Å². The van der Waals surface area contributed by atoms with Crippen molar-refractivity contribution in [3.63, 3.8) is 0 Å². The summed E-state index contributed by atoms with van der Waals surface area (Å²) < 4.78 is 87.8. The van der Waals surface area contributed by atoms with E-state index in [9.17, 15) is 4.79 Å². The van der Waals surface area contributed by atoms with Crippen LogP contribution in [0.15, 0.2) is 48.0 Å². The van der Waals surface area contributed by atoms with Crippen molar-refractivity contribution in [2.75, 3.05) is 26.7 Å². The Morgan fingerprint density at radius 2 is 2.05 bits per heavy atom. The van der Waals surface area contributed by atoms with Gasteiger partial charge in [-0.25, -0.2) is 9.78 Å². The first-order valence-electron chi connectivity index (χ1n) is 17.2. The Kier molecular flexibility index (Phi) is 7.02. The molecule has 0 atom stereocenters. The molecule has 1 aromatic carbocycles. The van der Waals surface area contributed by atoms with Crippen LogP contribution in [0.4, 0.5) is 4.79 Å². The number of thioether (sulfide) groups is 1. The van der Waals surface area contributed by atoms with Crippen LogP contribution >= 0.6 is 35.0 Å². The van der Waals surface area contributed by atoms with Crippen molar-refractivity contribution in [3.05, 3.63) is 64.2 Å². The van der Waals surface area contributed by atoms with Gasteiger partial charge in [-0.1, -0.05) is 59.6 Å². The summed E-state index contributed by atoms with van der Waals surface area (Å²) in [6, 6.07) is 6.24. The highest BCUT2D eigenvalue weighted by atomic mass is 35.5. The van der Waals surface area contributed by atoms with Crippen LogP contribution in [0.2, 0.25) is 10.0 Å². The van der Waals surface area contributed by atoms with Crippen molar-refractivity contribution >= 4 is 41.1 Å². The van der Waals surface area contributed by atoms with E-state index < -0.39 is 36.8 Å². The molecular formula is C30H33Cl2N5O3S. The lowest BCUT2D eigenvalue weighted by molar-refractivity contribution is 0.147. The molecular weight excluding hydrogens is 581 g/mol. The lowest BCUT2D eigenvalue weighted by atomic mass is 10.1. The zero-order valence-electron chi connectivity index (χ0n) is 31.0. The van der Waals surface area contributed by atoms with Crippen molar-refractivity contribution in [1.29, 1.82) is 0 Å². The van der Waals surface area contributed by atoms with E-state index in [2.05, 4.69) is 32.0 Å². The summed E-state index contributed by atoms with van der Waals surface area (Å²) in [5, 5.41) is 0.0707. The smallest absolute Gasteiger partial charge is 0.408 e. The first-order chi connectivity index (χ1) is 23.3. The Morgan fingerprint density at radius 3 is 2.80 bits per heavy atom. The molecule has 1 aliphatic heterocycles. The average Bonchev–Trinajstić information content (AvgIpc) is 3.47. The number of aromatic nitrogens is 3. The lowest BCUT2D eigenvalue weighted by Gasteiger charge is -2.28. The molecule has 1 N–H and O–H groups in total. The van der Waals surface area contributed by atoms with Crippen molar-refractivity contribution in [2.24, 2.45) is 0 Å². The number of benzene rings is 1. The van der Waals surface area contributed by atoms with Crippen LogP contribution < -0.4 is 10.1 Å². The molecule has 1 amide bonds. The average molecular weight is 624 g/mol. The summed E-state index contributed by atoms with van der Waals surface area (Å²) in [6.45, 7) is 1.43. The molecule has 0 spiro atoms. The van der Waals surface area contributed by atoms with Gasteiger partial charge in [0.25, 0.3) is 0 Å². The number of rotatable bonds is 8. The minimum atomic E-state index is -3.35. The predicted molar refractivity (Wildman–Crippen MR) is 162 cm³/mol. The number of carbonyl (C=O) groups excluding carboxylic acids is 1. The van der Waals surface area contributed by atoms with Crippen LogP contribution in [0.25, 0.3) is 5.69 Å². The van der Waals surface area contributed by atoms with Crippen molar-refractivity contribution in [2.45, 2.75) is 61.4 Å². The molecule has 5 rings (SSSR count). The van der Waals surface area contributed by atoms with Crippen molar-refractivity contribution in [1.82, 2.24) is 24.8 Å². The van der Waals surface area contributed by atoms with Crippen LogP contribution in [-0.4, -0.2) is 63.5 Å². The zero-order chi connectivity index (χ0) is 36.7. The van der Waals surface area contributed by atoms with Gasteiger partial charge in [0, 0.05) is 41.4 Å². The van der Waals surface area contributed by atoms with E-state index in [1.807, 2.05) is 7.05 Å². The molecule has 2 fully saturated rings. The Morgan fingerprint density at radius 1 is 1.24 bits per heavy atom. The number of halogens is 2. The zero-order valence-corrected chi connectivity index (χ0v) is 24.4. The Bertz CT molecular complexity index is 1770. The van der Waals surface area contributed by atoms with Crippen LogP contribution in [0.3, 0.4) is 0 Å². The molecule has 3 aromatic rings. The molecule has 1 saturated heterocycles. The Balaban J connectivity index is 1.32. The summed E-state index contributed by atoms with van der Waals surface area (Å²) in [6.07, 6.45) is -7.84. The van der Waals surface area contributed by atoms with Gasteiger partial charge in [-0.05, 0) is 63.9 Å². The molecule has 1 saturated carbocycles. The van der Waals surface area contributed by atoms with Gasteiger partial charge in [-0.2, -0.15) is 0 Å². The molecule has 11 heteroatoms. The number of alkyl carbamates (subject to hydrolysis) is 1. The number of nitrogens with one attached hydrogen (secondary N) is 1. The number of imidazole rings is 1. The van der Waals surface area contributed by atoms with Gasteiger partial charge >= 0.3 is 6.09 Å². The molecule has 41 heavy (non-hydrogen) atoms. The summed E-state index contributed by atoms with van der Waals surface area (Å²) in [5.74, 6) is 5.74. The third-order valence-corrected chi connectivity index (χ3v) is 7.74. The predicted octanol–water partition coefficient (Wildman–Crippen LogP) is 6.36. The van der Waals surface area contributed by atoms with E-state index in [-0.39, 0.29) is 52.0 Å². The van der Waals surface area contributed by atoms with Gasteiger partial charge in [-0.3, -0.25) is 9.55 Å². The number of nitrogens with zero attached hydrogens (tertiary/aromatic N) is 4. The number of likely N-dealkylation sites (tertiary alicyclic amines) is 1. The first-order valence-corrected chi connectivity index (χ1v) is 14.3. The highest BCUT2D eigenvalue weighted by Gasteiger charge is 2.22. The fourth-order valence-electron chi connectivity index (χ4n) is 4.13. The number of ether oxygens (including phenoxy) is 2. The molecule has 0 radical (unpaired) electrons. The van der Waals surface area contributed by atoms with Gasteiger partial charge < -0.3 is 19.7 Å². The number of amides is 1. The van der Waals surface area contributed by atoms with E-state index >= 15 is 0 Å². The van der Waals surface area contributed by atoms with Crippen molar-refractivity contribution in [3.8, 4) is 23.3 Å². The Labute approximate surface area is 267 Å². The number of hydrogen-bond acceptors (Lipinski definition) is 7. The van der Waals surface area contributed by atoms with Crippen LogP contribution in [-0.2, 0) is 11.3 Å². The molecule has 216 valence electrons.